The summed E-state index contributed by atoms with van der Waals surface area (Å²) in [6.07, 6.45) is 5.69. The molecule has 4 heteroatoms. The van der Waals surface area contributed by atoms with Crippen LogP contribution in [0.25, 0.3) is 0 Å². The average molecular weight is 392 g/mol. The van der Waals surface area contributed by atoms with Crippen LogP contribution in [-0.2, 0) is 4.74 Å². The Kier molecular flexibility index (Phi) is 7.69. The summed E-state index contributed by atoms with van der Waals surface area (Å²) in [4.78, 5) is 12.0. The number of hydrogen-bond acceptors (Lipinski definition) is 2. The summed E-state index contributed by atoms with van der Waals surface area (Å²) in [7, 11) is 0. The smallest absolute Gasteiger partial charge is 0.339 e. The third-order valence-corrected chi connectivity index (χ3v) is 4.11. The van der Waals surface area contributed by atoms with Crippen molar-refractivity contribution in [2.45, 2.75) is 52.1 Å². The van der Waals surface area contributed by atoms with Gasteiger partial charge in [0.25, 0.3) is 0 Å². The number of carbonyl (C=O) groups excluding carboxylic acids is 1. The molecule has 0 bridgehead atoms. The molecule has 0 radical (unpaired) electrons. The van der Waals surface area contributed by atoms with Gasteiger partial charge in [-0.2, -0.15) is 0 Å². The van der Waals surface area contributed by atoms with Gasteiger partial charge in [-0.05, 0) is 53.9 Å². The lowest BCUT2D eigenvalue weighted by Gasteiger charge is -2.14. The molecule has 1 aromatic carbocycles. The quantitative estimate of drug-likeness (QED) is 0.438. The normalized spacial score (nSPS) is 12.2. The van der Waals surface area contributed by atoms with Crippen molar-refractivity contribution in [2.24, 2.45) is 0 Å². The molecule has 1 atom stereocenters. The molecule has 0 saturated carbocycles. The van der Waals surface area contributed by atoms with Crippen molar-refractivity contribution >= 4 is 37.8 Å². The van der Waals surface area contributed by atoms with Gasteiger partial charge < -0.3 is 4.74 Å². The van der Waals surface area contributed by atoms with Crippen molar-refractivity contribution in [3.05, 3.63) is 32.7 Å². The van der Waals surface area contributed by atoms with E-state index in [0.29, 0.717) is 5.56 Å². The van der Waals surface area contributed by atoms with E-state index in [1.165, 1.54) is 19.3 Å². The highest BCUT2D eigenvalue weighted by molar-refractivity contribution is 9.11. The zero-order valence-corrected chi connectivity index (χ0v) is 14.6. The van der Waals surface area contributed by atoms with Gasteiger partial charge in [-0.1, -0.05) is 42.1 Å². The second kappa shape index (κ2) is 8.75. The topological polar surface area (TPSA) is 26.3 Å². The summed E-state index contributed by atoms with van der Waals surface area (Å²) in [6, 6.07) is 5.50. The third kappa shape index (κ3) is 6.09. The van der Waals surface area contributed by atoms with Crippen LogP contribution in [0.4, 0.5) is 0 Å². The first-order chi connectivity index (χ1) is 9.04. The fourth-order valence-electron chi connectivity index (χ4n) is 1.82. The number of ether oxygens (including phenoxy) is 1. The summed E-state index contributed by atoms with van der Waals surface area (Å²) >= 11 is 6.73. The summed E-state index contributed by atoms with van der Waals surface area (Å²) in [5, 5.41) is 0. The molecule has 0 heterocycles. The number of rotatable bonds is 7. The summed E-state index contributed by atoms with van der Waals surface area (Å²) in [6.45, 7) is 4.14. The number of benzene rings is 1. The molecule has 19 heavy (non-hydrogen) atoms. The minimum absolute atomic E-state index is 0.0322. The van der Waals surface area contributed by atoms with Crippen LogP contribution < -0.4 is 0 Å². The van der Waals surface area contributed by atoms with Gasteiger partial charge in [0.1, 0.15) is 0 Å². The van der Waals surface area contributed by atoms with Gasteiger partial charge in [-0.25, -0.2) is 4.79 Å². The van der Waals surface area contributed by atoms with Gasteiger partial charge in [0.15, 0.2) is 0 Å². The summed E-state index contributed by atoms with van der Waals surface area (Å²) < 4.78 is 7.10. The molecule has 0 aliphatic heterocycles. The first-order valence-electron chi connectivity index (χ1n) is 6.70. The zero-order chi connectivity index (χ0) is 14.3. The van der Waals surface area contributed by atoms with E-state index in [0.717, 1.165) is 21.8 Å². The van der Waals surface area contributed by atoms with Crippen molar-refractivity contribution < 1.29 is 9.53 Å². The molecule has 1 rings (SSSR count). The SMILES string of the molecule is CCCCCCC(C)OC(=O)c1cc(Br)ccc1Br. The highest BCUT2D eigenvalue weighted by atomic mass is 79.9. The monoisotopic (exact) mass is 390 g/mol. The summed E-state index contributed by atoms with van der Waals surface area (Å²) in [5.74, 6) is -0.267. The lowest BCUT2D eigenvalue weighted by molar-refractivity contribution is 0.0318. The van der Waals surface area contributed by atoms with Crippen molar-refractivity contribution in [1.29, 1.82) is 0 Å². The second-order valence-corrected chi connectivity index (χ2v) is 6.46. The highest BCUT2D eigenvalue weighted by Gasteiger charge is 2.15. The molecule has 0 amide bonds. The molecule has 2 nitrogen and oxygen atoms in total. The second-order valence-electron chi connectivity index (χ2n) is 4.69. The predicted molar refractivity (Wildman–Crippen MR) is 85.5 cm³/mol. The molecular formula is C15H20Br2O2. The molecule has 0 aliphatic rings. The van der Waals surface area contributed by atoms with Gasteiger partial charge in [0.2, 0.25) is 0 Å². The predicted octanol–water partition coefficient (Wildman–Crippen LogP) is 5.73. The molecular weight excluding hydrogens is 372 g/mol. The van der Waals surface area contributed by atoms with Crippen LogP contribution >= 0.6 is 31.9 Å². The Hall–Kier alpha value is -0.350. The Morgan fingerprint density at radius 2 is 2.00 bits per heavy atom. The van der Waals surface area contributed by atoms with Gasteiger partial charge in [0.05, 0.1) is 11.7 Å². The van der Waals surface area contributed by atoms with Crippen molar-refractivity contribution in [3.8, 4) is 0 Å². The van der Waals surface area contributed by atoms with E-state index < -0.39 is 0 Å². The van der Waals surface area contributed by atoms with E-state index in [9.17, 15) is 4.79 Å². The number of hydrogen-bond donors (Lipinski definition) is 0. The van der Waals surface area contributed by atoms with Crippen LogP contribution in [0.1, 0.15) is 56.3 Å². The van der Waals surface area contributed by atoms with E-state index in [1.54, 1.807) is 6.07 Å². The Balaban J connectivity index is 2.47. The van der Waals surface area contributed by atoms with Crippen LogP contribution in [0.3, 0.4) is 0 Å². The largest absolute Gasteiger partial charge is 0.459 e. The first-order valence-corrected chi connectivity index (χ1v) is 8.29. The maximum atomic E-state index is 12.0. The molecule has 0 fully saturated rings. The fraction of sp³-hybridized carbons (Fsp3) is 0.533. The minimum Gasteiger partial charge on any atom is -0.459 e. The molecule has 0 spiro atoms. The van der Waals surface area contributed by atoms with E-state index in [4.69, 9.17) is 4.74 Å². The maximum Gasteiger partial charge on any atom is 0.339 e. The molecule has 106 valence electrons. The number of halogens is 2. The lowest BCUT2D eigenvalue weighted by Crippen LogP contribution is -2.15. The van der Waals surface area contributed by atoms with E-state index >= 15 is 0 Å². The number of unbranched alkanes of at least 4 members (excludes halogenated alkanes) is 3. The number of carbonyl (C=O) groups is 1. The Labute approximate surface area is 132 Å². The summed E-state index contributed by atoms with van der Waals surface area (Å²) in [5.41, 5.74) is 0.565. The van der Waals surface area contributed by atoms with Crippen molar-refractivity contribution in [1.82, 2.24) is 0 Å². The first kappa shape index (κ1) is 16.7. The highest BCUT2D eigenvalue weighted by Crippen LogP contribution is 2.23. The zero-order valence-electron chi connectivity index (χ0n) is 11.4. The van der Waals surface area contributed by atoms with Crippen LogP contribution in [0.2, 0.25) is 0 Å². The van der Waals surface area contributed by atoms with Crippen LogP contribution in [0.15, 0.2) is 27.1 Å². The molecule has 0 aliphatic carbocycles. The van der Waals surface area contributed by atoms with Gasteiger partial charge >= 0.3 is 5.97 Å². The van der Waals surface area contributed by atoms with Crippen LogP contribution in [-0.4, -0.2) is 12.1 Å². The lowest BCUT2D eigenvalue weighted by atomic mass is 10.1. The average Bonchev–Trinajstić information content (AvgIpc) is 2.37. The molecule has 0 saturated heterocycles. The Bertz CT molecular complexity index is 419. The van der Waals surface area contributed by atoms with Crippen molar-refractivity contribution in [3.63, 3.8) is 0 Å². The van der Waals surface area contributed by atoms with Gasteiger partial charge in [0, 0.05) is 8.95 Å². The van der Waals surface area contributed by atoms with Crippen LogP contribution in [0, 0.1) is 0 Å². The Morgan fingerprint density at radius 1 is 1.26 bits per heavy atom. The Morgan fingerprint density at radius 3 is 2.68 bits per heavy atom. The minimum atomic E-state index is -0.267. The molecule has 0 N–H and O–H groups in total. The molecule has 1 aromatic rings. The maximum absolute atomic E-state index is 12.0. The molecule has 0 aromatic heterocycles. The van der Waals surface area contributed by atoms with E-state index in [-0.39, 0.29) is 12.1 Å². The molecule has 1 unspecified atom stereocenters. The van der Waals surface area contributed by atoms with Gasteiger partial charge in [-0.3, -0.25) is 0 Å². The standard InChI is InChI=1S/C15H20Br2O2/c1-3-4-5-6-7-11(2)19-15(18)13-10-12(16)8-9-14(13)17/h8-11H,3-7H2,1-2H3. The third-order valence-electron chi connectivity index (χ3n) is 2.92. The van der Waals surface area contributed by atoms with E-state index in [1.807, 2.05) is 19.1 Å². The van der Waals surface area contributed by atoms with Gasteiger partial charge in [-0.15, -0.1) is 0 Å². The van der Waals surface area contributed by atoms with Crippen LogP contribution in [0.5, 0.6) is 0 Å². The van der Waals surface area contributed by atoms with E-state index in [2.05, 4.69) is 38.8 Å². The fourth-order valence-corrected chi connectivity index (χ4v) is 2.59. The number of esters is 1. The van der Waals surface area contributed by atoms with Crippen molar-refractivity contribution in [2.75, 3.05) is 0 Å².